The van der Waals surface area contributed by atoms with Gasteiger partial charge in [-0.2, -0.15) is 0 Å². The van der Waals surface area contributed by atoms with Crippen LogP contribution in [-0.4, -0.2) is 27.4 Å². The number of rotatable bonds is 9. The molecule has 0 fully saturated rings. The molecule has 2 rings (SSSR count). The number of benzene rings is 2. The lowest BCUT2D eigenvalue weighted by Gasteiger charge is -2.14. The molecule has 0 unspecified atom stereocenters. The monoisotopic (exact) mass is 403 g/mol. The minimum absolute atomic E-state index is 0.328. The van der Waals surface area contributed by atoms with Gasteiger partial charge in [0.25, 0.3) is 0 Å². The van der Waals surface area contributed by atoms with Crippen LogP contribution < -0.4 is 14.8 Å². The Hall–Kier alpha value is -1.17. The van der Waals surface area contributed by atoms with E-state index < -0.39 is 0 Å². The fraction of sp³-hybridized carbons (Fsp3) is 0.333. The molecule has 0 aliphatic heterocycles. The number of nitrogens with one attached hydrogen (secondary N) is 1. The molecule has 136 valence electrons. The fourth-order valence-electron chi connectivity index (χ4n) is 2.17. The summed E-state index contributed by atoms with van der Waals surface area (Å²) in [6.45, 7) is 2.32. The Morgan fingerprint density at radius 1 is 0.920 bits per heavy atom. The van der Waals surface area contributed by atoms with Crippen LogP contribution in [-0.2, 0) is 17.9 Å². The van der Waals surface area contributed by atoms with Gasteiger partial charge in [0.1, 0.15) is 6.61 Å². The Labute approximate surface area is 162 Å². The van der Waals surface area contributed by atoms with Crippen LogP contribution in [0.3, 0.4) is 0 Å². The van der Waals surface area contributed by atoms with E-state index in [2.05, 4.69) is 5.32 Å². The van der Waals surface area contributed by atoms with Crippen LogP contribution in [0.1, 0.15) is 11.1 Å². The molecule has 0 heterocycles. The van der Waals surface area contributed by atoms with Crippen molar-refractivity contribution in [3.8, 4) is 11.5 Å². The number of halogens is 3. The van der Waals surface area contributed by atoms with Crippen molar-refractivity contribution in [1.82, 2.24) is 5.32 Å². The van der Waals surface area contributed by atoms with Crippen molar-refractivity contribution in [2.45, 2.75) is 13.2 Å². The standard InChI is InChI=1S/C18H20Cl3NO3/c1-23-6-5-22-10-13-8-17(24-2)18(9-15(13)20)25-11-12-3-4-14(19)16(21)7-12/h3-4,7-9,22H,5-6,10-11H2,1-2H3. The molecule has 0 saturated heterocycles. The van der Waals surface area contributed by atoms with E-state index in [-0.39, 0.29) is 0 Å². The molecule has 2 aromatic carbocycles. The molecule has 1 N–H and O–H groups in total. The topological polar surface area (TPSA) is 39.7 Å². The largest absolute Gasteiger partial charge is 0.493 e. The van der Waals surface area contributed by atoms with Gasteiger partial charge >= 0.3 is 0 Å². The molecule has 0 amide bonds. The third-order valence-corrected chi connectivity index (χ3v) is 4.60. The van der Waals surface area contributed by atoms with Gasteiger partial charge in [0.15, 0.2) is 11.5 Å². The second kappa shape index (κ2) is 10.1. The molecule has 0 aliphatic rings. The number of ether oxygens (including phenoxy) is 3. The summed E-state index contributed by atoms with van der Waals surface area (Å²) in [5, 5.41) is 4.86. The van der Waals surface area contributed by atoms with Crippen molar-refractivity contribution >= 4 is 34.8 Å². The summed E-state index contributed by atoms with van der Waals surface area (Å²) in [7, 11) is 3.26. The second-order valence-electron chi connectivity index (χ2n) is 5.30. The van der Waals surface area contributed by atoms with Gasteiger partial charge in [-0.15, -0.1) is 0 Å². The van der Waals surface area contributed by atoms with E-state index >= 15 is 0 Å². The summed E-state index contributed by atoms with van der Waals surface area (Å²) in [6, 6.07) is 8.99. The Bertz CT molecular complexity index is 710. The van der Waals surface area contributed by atoms with Gasteiger partial charge in [0.2, 0.25) is 0 Å². The van der Waals surface area contributed by atoms with Crippen LogP contribution >= 0.6 is 34.8 Å². The van der Waals surface area contributed by atoms with Crippen molar-refractivity contribution in [2.75, 3.05) is 27.4 Å². The first-order valence-corrected chi connectivity index (χ1v) is 8.81. The lowest BCUT2D eigenvalue weighted by Crippen LogP contribution is -2.18. The summed E-state index contributed by atoms with van der Waals surface area (Å²) in [5.74, 6) is 1.19. The van der Waals surface area contributed by atoms with Crippen molar-refractivity contribution in [1.29, 1.82) is 0 Å². The number of methoxy groups -OCH3 is 2. The predicted molar refractivity (Wildman–Crippen MR) is 102 cm³/mol. The van der Waals surface area contributed by atoms with Crippen LogP contribution in [0.5, 0.6) is 11.5 Å². The van der Waals surface area contributed by atoms with Crippen LogP contribution in [0.15, 0.2) is 30.3 Å². The fourth-order valence-corrected chi connectivity index (χ4v) is 2.71. The maximum atomic E-state index is 6.35. The SMILES string of the molecule is COCCNCc1cc(OC)c(OCc2ccc(Cl)c(Cl)c2)cc1Cl. The summed E-state index contributed by atoms with van der Waals surface area (Å²) >= 11 is 18.3. The first-order valence-electron chi connectivity index (χ1n) is 7.68. The van der Waals surface area contributed by atoms with Crippen molar-refractivity contribution < 1.29 is 14.2 Å². The highest BCUT2D eigenvalue weighted by Gasteiger charge is 2.11. The molecule has 4 nitrogen and oxygen atoms in total. The maximum absolute atomic E-state index is 6.35. The molecule has 7 heteroatoms. The highest BCUT2D eigenvalue weighted by molar-refractivity contribution is 6.42. The van der Waals surface area contributed by atoms with Crippen LogP contribution in [0, 0.1) is 0 Å². The smallest absolute Gasteiger partial charge is 0.163 e. The average Bonchev–Trinajstić information content (AvgIpc) is 2.61. The molecule has 0 aliphatic carbocycles. The van der Waals surface area contributed by atoms with Crippen molar-refractivity contribution in [3.05, 3.63) is 56.5 Å². The van der Waals surface area contributed by atoms with Crippen molar-refractivity contribution in [2.24, 2.45) is 0 Å². The molecule has 25 heavy (non-hydrogen) atoms. The van der Waals surface area contributed by atoms with E-state index in [1.165, 1.54) is 0 Å². The Kier molecular flexibility index (Phi) is 8.13. The zero-order valence-corrected chi connectivity index (χ0v) is 16.3. The summed E-state index contributed by atoms with van der Waals surface area (Å²) in [5.41, 5.74) is 1.83. The van der Waals surface area contributed by atoms with Gasteiger partial charge in [-0.3, -0.25) is 0 Å². The molecule has 0 atom stereocenters. The quantitative estimate of drug-likeness (QED) is 0.599. The molecular formula is C18H20Cl3NO3. The van der Waals surface area contributed by atoms with Crippen LogP contribution in [0.4, 0.5) is 0 Å². The number of hydrogen-bond donors (Lipinski definition) is 1. The molecule has 2 aromatic rings. The lowest BCUT2D eigenvalue weighted by atomic mass is 10.2. The molecular weight excluding hydrogens is 385 g/mol. The molecule has 0 radical (unpaired) electrons. The highest BCUT2D eigenvalue weighted by atomic mass is 35.5. The van der Waals surface area contributed by atoms with Gasteiger partial charge in [0.05, 0.1) is 23.8 Å². The van der Waals surface area contributed by atoms with Gasteiger partial charge in [0, 0.05) is 31.3 Å². The van der Waals surface area contributed by atoms with E-state index in [1.807, 2.05) is 12.1 Å². The normalized spacial score (nSPS) is 10.8. The highest BCUT2D eigenvalue weighted by Crippen LogP contribution is 2.34. The lowest BCUT2D eigenvalue weighted by molar-refractivity contribution is 0.199. The first kappa shape index (κ1) is 20.1. The summed E-state index contributed by atoms with van der Waals surface area (Å²) in [6.07, 6.45) is 0. The van der Waals surface area contributed by atoms with Gasteiger partial charge in [-0.25, -0.2) is 0 Å². The maximum Gasteiger partial charge on any atom is 0.163 e. The van der Waals surface area contributed by atoms with Gasteiger partial charge < -0.3 is 19.5 Å². The minimum atomic E-state index is 0.328. The molecule has 0 spiro atoms. The van der Waals surface area contributed by atoms with E-state index in [9.17, 15) is 0 Å². The zero-order chi connectivity index (χ0) is 18.2. The third kappa shape index (κ3) is 5.94. The van der Waals surface area contributed by atoms with E-state index in [1.54, 1.807) is 32.4 Å². The Morgan fingerprint density at radius 2 is 1.72 bits per heavy atom. The number of hydrogen-bond acceptors (Lipinski definition) is 4. The predicted octanol–water partition coefficient (Wildman–Crippen LogP) is 4.97. The van der Waals surface area contributed by atoms with E-state index in [0.29, 0.717) is 46.3 Å². The van der Waals surface area contributed by atoms with E-state index in [0.717, 1.165) is 17.7 Å². The second-order valence-corrected chi connectivity index (χ2v) is 6.52. The van der Waals surface area contributed by atoms with Crippen LogP contribution in [0.25, 0.3) is 0 Å². The molecule has 0 bridgehead atoms. The Balaban J connectivity index is 2.06. The minimum Gasteiger partial charge on any atom is -0.493 e. The van der Waals surface area contributed by atoms with Gasteiger partial charge in [-0.1, -0.05) is 40.9 Å². The van der Waals surface area contributed by atoms with E-state index in [4.69, 9.17) is 49.0 Å². The third-order valence-electron chi connectivity index (χ3n) is 3.51. The summed E-state index contributed by atoms with van der Waals surface area (Å²) in [4.78, 5) is 0. The molecule has 0 aromatic heterocycles. The Morgan fingerprint density at radius 3 is 2.40 bits per heavy atom. The zero-order valence-electron chi connectivity index (χ0n) is 14.1. The van der Waals surface area contributed by atoms with Crippen molar-refractivity contribution in [3.63, 3.8) is 0 Å². The van der Waals surface area contributed by atoms with Crippen LogP contribution in [0.2, 0.25) is 15.1 Å². The average molecular weight is 405 g/mol. The van der Waals surface area contributed by atoms with Gasteiger partial charge in [-0.05, 0) is 29.3 Å². The molecule has 0 saturated carbocycles. The summed E-state index contributed by atoms with van der Waals surface area (Å²) < 4.78 is 16.3. The first-order chi connectivity index (χ1) is 12.0.